The van der Waals surface area contributed by atoms with E-state index in [4.69, 9.17) is 4.74 Å². The third kappa shape index (κ3) is 4.55. The van der Waals surface area contributed by atoms with Crippen molar-refractivity contribution in [1.29, 1.82) is 0 Å². The van der Waals surface area contributed by atoms with Crippen molar-refractivity contribution < 1.29 is 22.7 Å². The molecule has 1 N–H and O–H groups in total. The second-order valence-corrected chi connectivity index (χ2v) is 9.52. The highest BCUT2D eigenvalue weighted by atomic mass is 32.2. The van der Waals surface area contributed by atoms with Crippen molar-refractivity contribution in [3.63, 3.8) is 0 Å². The third-order valence-electron chi connectivity index (χ3n) is 5.52. The minimum absolute atomic E-state index is 0.238. The van der Waals surface area contributed by atoms with Gasteiger partial charge in [-0.15, -0.1) is 0 Å². The number of nitrogens with zero attached hydrogens (tertiary/aromatic N) is 1. The number of esters is 1. The summed E-state index contributed by atoms with van der Waals surface area (Å²) in [7, 11) is -2.30. The van der Waals surface area contributed by atoms with Crippen molar-refractivity contribution >= 4 is 21.9 Å². The Hall–Kier alpha value is -1.93. The molecule has 0 spiro atoms. The molecule has 0 aliphatic carbocycles. The van der Waals surface area contributed by atoms with Gasteiger partial charge in [0.05, 0.1) is 12.0 Å². The SMILES string of the molecule is CCC(C)(NC(=O)C1CCN(S(=O)(=O)c2ccc(C)cc2C)CC1)C(=O)OC. The Morgan fingerprint density at radius 2 is 1.86 bits per heavy atom. The number of piperidine rings is 1. The lowest BCUT2D eigenvalue weighted by atomic mass is 9.93. The summed E-state index contributed by atoms with van der Waals surface area (Å²) in [4.78, 5) is 24.9. The van der Waals surface area contributed by atoms with E-state index < -0.39 is 21.5 Å². The molecule has 0 aromatic heterocycles. The first-order valence-corrected chi connectivity index (χ1v) is 11.0. The molecule has 1 fully saturated rings. The van der Waals surface area contributed by atoms with Gasteiger partial charge in [-0.2, -0.15) is 4.31 Å². The number of rotatable bonds is 6. The molecular formula is C20H30N2O5S. The smallest absolute Gasteiger partial charge is 0.331 e. The molecule has 1 amide bonds. The fourth-order valence-corrected chi connectivity index (χ4v) is 5.14. The highest BCUT2D eigenvalue weighted by molar-refractivity contribution is 7.89. The van der Waals surface area contributed by atoms with Crippen LogP contribution in [-0.4, -0.2) is 50.3 Å². The van der Waals surface area contributed by atoms with E-state index in [1.165, 1.54) is 11.4 Å². The molecular weight excluding hydrogens is 380 g/mol. The van der Waals surface area contributed by atoms with Crippen LogP contribution in [0.4, 0.5) is 0 Å². The number of hydrogen-bond donors (Lipinski definition) is 1. The van der Waals surface area contributed by atoms with Crippen LogP contribution in [0.1, 0.15) is 44.2 Å². The zero-order valence-electron chi connectivity index (χ0n) is 17.2. The van der Waals surface area contributed by atoms with Crippen molar-refractivity contribution in [2.24, 2.45) is 5.92 Å². The van der Waals surface area contributed by atoms with Gasteiger partial charge >= 0.3 is 5.97 Å². The first-order valence-electron chi connectivity index (χ1n) is 9.53. The number of nitrogens with one attached hydrogen (secondary N) is 1. The molecule has 1 unspecified atom stereocenters. The van der Waals surface area contributed by atoms with E-state index in [2.05, 4.69) is 5.32 Å². The Morgan fingerprint density at radius 3 is 2.36 bits per heavy atom. The lowest BCUT2D eigenvalue weighted by molar-refractivity contribution is -0.151. The number of ether oxygens (including phenoxy) is 1. The summed E-state index contributed by atoms with van der Waals surface area (Å²) in [6, 6.07) is 5.28. The van der Waals surface area contributed by atoms with Crippen LogP contribution in [0.5, 0.6) is 0 Å². The third-order valence-corrected chi connectivity index (χ3v) is 7.57. The van der Waals surface area contributed by atoms with Gasteiger partial charge in [0.1, 0.15) is 5.54 Å². The summed E-state index contributed by atoms with van der Waals surface area (Å²) in [5, 5.41) is 2.78. The topological polar surface area (TPSA) is 92.8 Å². The molecule has 1 aliphatic heterocycles. The van der Waals surface area contributed by atoms with Crippen molar-refractivity contribution in [3.8, 4) is 0 Å². The molecule has 0 radical (unpaired) electrons. The molecule has 1 aliphatic rings. The van der Waals surface area contributed by atoms with Crippen molar-refractivity contribution in [1.82, 2.24) is 9.62 Å². The normalized spacial score (nSPS) is 18.3. The molecule has 7 nitrogen and oxygen atoms in total. The average molecular weight is 411 g/mol. The van der Waals surface area contributed by atoms with Crippen LogP contribution in [0.3, 0.4) is 0 Å². The Morgan fingerprint density at radius 1 is 1.25 bits per heavy atom. The molecule has 0 bridgehead atoms. The number of aryl methyl sites for hydroxylation is 2. The summed E-state index contributed by atoms with van der Waals surface area (Å²) in [5.41, 5.74) is 0.654. The molecule has 1 aromatic rings. The highest BCUT2D eigenvalue weighted by Crippen LogP contribution is 2.27. The Balaban J connectivity index is 2.05. The monoisotopic (exact) mass is 410 g/mol. The summed E-state index contributed by atoms with van der Waals surface area (Å²) >= 11 is 0. The zero-order chi connectivity index (χ0) is 21.1. The van der Waals surface area contributed by atoms with Gasteiger partial charge < -0.3 is 10.1 Å². The molecule has 8 heteroatoms. The second kappa shape index (κ2) is 8.61. The van der Waals surface area contributed by atoms with E-state index >= 15 is 0 Å². The van der Waals surface area contributed by atoms with Gasteiger partial charge in [0.15, 0.2) is 0 Å². The predicted octanol–water partition coefficient (Wildman–Crippen LogP) is 2.16. The van der Waals surface area contributed by atoms with Crippen LogP contribution in [0.25, 0.3) is 0 Å². The number of sulfonamides is 1. The Kier molecular flexibility index (Phi) is 6.88. The van der Waals surface area contributed by atoms with Crippen LogP contribution in [0.15, 0.2) is 23.1 Å². The molecule has 1 aromatic carbocycles. The minimum atomic E-state index is -3.59. The van der Waals surface area contributed by atoms with E-state index in [0.29, 0.717) is 24.2 Å². The first kappa shape index (κ1) is 22.4. The van der Waals surface area contributed by atoms with Crippen molar-refractivity contribution in [2.75, 3.05) is 20.2 Å². The van der Waals surface area contributed by atoms with Crippen LogP contribution in [0.2, 0.25) is 0 Å². The van der Waals surface area contributed by atoms with Gasteiger partial charge in [0.25, 0.3) is 0 Å². The molecule has 1 atom stereocenters. The fraction of sp³-hybridized carbons (Fsp3) is 0.600. The van der Waals surface area contributed by atoms with Crippen molar-refractivity contribution in [3.05, 3.63) is 29.3 Å². The van der Waals surface area contributed by atoms with E-state index in [1.807, 2.05) is 13.0 Å². The summed E-state index contributed by atoms with van der Waals surface area (Å²) in [6.07, 6.45) is 1.24. The maximum absolute atomic E-state index is 13.0. The maximum atomic E-state index is 13.0. The number of carbonyl (C=O) groups is 2. The largest absolute Gasteiger partial charge is 0.467 e. The number of benzene rings is 1. The van der Waals surface area contributed by atoms with Crippen LogP contribution in [0, 0.1) is 19.8 Å². The lowest BCUT2D eigenvalue weighted by Crippen LogP contribution is -2.55. The highest BCUT2D eigenvalue weighted by Gasteiger charge is 2.38. The van der Waals surface area contributed by atoms with Gasteiger partial charge in [-0.3, -0.25) is 4.79 Å². The fourth-order valence-electron chi connectivity index (χ4n) is 3.47. The average Bonchev–Trinajstić information content (AvgIpc) is 2.66. The van der Waals surface area contributed by atoms with E-state index in [1.54, 1.807) is 32.9 Å². The molecule has 1 saturated heterocycles. The summed E-state index contributed by atoms with van der Waals surface area (Å²) < 4.78 is 32.1. The quantitative estimate of drug-likeness (QED) is 0.726. The van der Waals surface area contributed by atoms with Crippen LogP contribution in [-0.2, 0) is 24.3 Å². The van der Waals surface area contributed by atoms with Crippen molar-refractivity contribution in [2.45, 2.75) is 57.4 Å². The number of hydrogen-bond acceptors (Lipinski definition) is 5. The zero-order valence-corrected chi connectivity index (χ0v) is 18.1. The Labute approximate surface area is 167 Å². The van der Waals surface area contributed by atoms with Crippen LogP contribution >= 0.6 is 0 Å². The standard InChI is InChI=1S/C20H30N2O5S/c1-6-20(4,19(24)27-5)21-18(23)16-9-11-22(12-10-16)28(25,26)17-8-7-14(2)13-15(17)3/h7-8,13,16H,6,9-12H2,1-5H3,(H,21,23). The van der Waals surface area contributed by atoms with E-state index in [0.717, 1.165) is 11.1 Å². The molecule has 2 rings (SSSR count). The first-order chi connectivity index (χ1) is 13.0. The number of carbonyl (C=O) groups excluding carboxylic acids is 2. The van der Waals surface area contributed by atoms with Gasteiger partial charge in [-0.05, 0) is 51.7 Å². The van der Waals surface area contributed by atoms with Gasteiger partial charge in [-0.25, -0.2) is 13.2 Å². The molecule has 0 saturated carbocycles. The lowest BCUT2D eigenvalue weighted by Gasteiger charge is -2.33. The molecule has 28 heavy (non-hydrogen) atoms. The maximum Gasteiger partial charge on any atom is 0.331 e. The van der Waals surface area contributed by atoms with E-state index in [-0.39, 0.29) is 24.9 Å². The molecule has 1 heterocycles. The van der Waals surface area contributed by atoms with Gasteiger partial charge in [0.2, 0.25) is 15.9 Å². The number of amides is 1. The van der Waals surface area contributed by atoms with E-state index in [9.17, 15) is 18.0 Å². The van der Waals surface area contributed by atoms with Gasteiger partial charge in [-0.1, -0.05) is 24.6 Å². The minimum Gasteiger partial charge on any atom is -0.467 e. The van der Waals surface area contributed by atoms with Gasteiger partial charge in [0, 0.05) is 19.0 Å². The van der Waals surface area contributed by atoms with Crippen LogP contribution < -0.4 is 5.32 Å². The predicted molar refractivity (Wildman–Crippen MR) is 106 cm³/mol. The molecule has 156 valence electrons. The Bertz CT molecular complexity index is 844. The summed E-state index contributed by atoms with van der Waals surface area (Å²) in [6.45, 7) is 7.70. The summed E-state index contributed by atoms with van der Waals surface area (Å²) in [5.74, 6) is -1.06. The second-order valence-electron chi connectivity index (χ2n) is 7.61. The number of methoxy groups -OCH3 is 1.